The Balaban J connectivity index is 1.55. The zero-order valence-corrected chi connectivity index (χ0v) is 14.2. The van der Waals surface area contributed by atoms with Crippen LogP contribution in [0.2, 0.25) is 0 Å². The highest BCUT2D eigenvalue weighted by atomic mass is 16.5. The van der Waals surface area contributed by atoms with Crippen molar-refractivity contribution >= 4 is 5.91 Å². The van der Waals surface area contributed by atoms with Crippen molar-refractivity contribution in [2.75, 3.05) is 7.05 Å². The number of amides is 1. The van der Waals surface area contributed by atoms with Gasteiger partial charge in [0.2, 0.25) is 23.4 Å². The Morgan fingerprint density at radius 2 is 2.00 bits per heavy atom. The van der Waals surface area contributed by atoms with E-state index in [1.165, 1.54) is 19.3 Å². The topological polar surface area (TPSA) is 85.0 Å². The predicted molar refractivity (Wildman–Crippen MR) is 87.8 cm³/mol. The Bertz CT molecular complexity index is 673. The molecule has 7 heteroatoms. The molecule has 0 aromatic carbocycles. The lowest BCUT2D eigenvalue weighted by molar-refractivity contribution is -0.133. The third-order valence-electron chi connectivity index (χ3n) is 4.74. The summed E-state index contributed by atoms with van der Waals surface area (Å²) in [6.07, 6.45) is 8.83. The lowest BCUT2D eigenvalue weighted by Gasteiger charge is -2.36. The molecular formula is C17H23N5O2. The van der Waals surface area contributed by atoms with Gasteiger partial charge in [-0.3, -0.25) is 4.79 Å². The van der Waals surface area contributed by atoms with Gasteiger partial charge in [-0.1, -0.05) is 24.9 Å². The van der Waals surface area contributed by atoms with Crippen LogP contribution >= 0.6 is 0 Å². The SMILES string of the molecule is C[C@H]1CCCC[C@@H]1N(C)C(=O)CCc1nc(-c2ncccn2)no1. The van der Waals surface area contributed by atoms with Crippen LogP contribution in [0.1, 0.15) is 44.9 Å². The van der Waals surface area contributed by atoms with Crippen molar-refractivity contribution in [3.8, 4) is 11.6 Å². The Morgan fingerprint density at radius 1 is 1.25 bits per heavy atom. The molecule has 1 fully saturated rings. The number of rotatable bonds is 5. The summed E-state index contributed by atoms with van der Waals surface area (Å²) in [5, 5.41) is 3.88. The number of carbonyl (C=O) groups excluding carboxylic acids is 1. The van der Waals surface area contributed by atoms with Gasteiger partial charge in [-0.2, -0.15) is 4.98 Å². The predicted octanol–water partition coefficient (Wildman–Crippen LogP) is 2.50. The first-order valence-electron chi connectivity index (χ1n) is 8.51. The minimum absolute atomic E-state index is 0.129. The van der Waals surface area contributed by atoms with Crippen molar-refractivity contribution in [2.45, 2.75) is 51.5 Å². The molecule has 2 aromatic rings. The molecular weight excluding hydrogens is 306 g/mol. The molecule has 2 aromatic heterocycles. The summed E-state index contributed by atoms with van der Waals surface area (Å²) in [7, 11) is 1.91. The van der Waals surface area contributed by atoms with Gasteiger partial charge in [0.05, 0.1) is 0 Å². The van der Waals surface area contributed by atoms with Crippen molar-refractivity contribution in [3.05, 3.63) is 24.4 Å². The number of aryl methyl sites for hydroxylation is 1. The van der Waals surface area contributed by atoms with Gasteiger partial charge in [0.1, 0.15) is 0 Å². The smallest absolute Gasteiger partial charge is 0.240 e. The third kappa shape index (κ3) is 3.77. The Labute approximate surface area is 141 Å². The molecule has 1 saturated carbocycles. The first-order chi connectivity index (χ1) is 11.6. The summed E-state index contributed by atoms with van der Waals surface area (Å²) in [6, 6.07) is 2.08. The molecule has 7 nitrogen and oxygen atoms in total. The highest BCUT2D eigenvalue weighted by Crippen LogP contribution is 2.27. The second-order valence-corrected chi connectivity index (χ2v) is 6.42. The summed E-state index contributed by atoms with van der Waals surface area (Å²) >= 11 is 0. The first kappa shape index (κ1) is 16.5. The summed E-state index contributed by atoms with van der Waals surface area (Å²) in [6.45, 7) is 2.23. The van der Waals surface area contributed by atoms with E-state index in [4.69, 9.17) is 4.52 Å². The molecule has 1 amide bonds. The van der Waals surface area contributed by atoms with Crippen LogP contribution in [0.4, 0.5) is 0 Å². The monoisotopic (exact) mass is 329 g/mol. The van der Waals surface area contributed by atoms with Crippen LogP contribution in [-0.4, -0.2) is 44.0 Å². The van der Waals surface area contributed by atoms with Crippen LogP contribution in [0.5, 0.6) is 0 Å². The van der Waals surface area contributed by atoms with Crippen molar-refractivity contribution in [3.63, 3.8) is 0 Å². The van der Waals surface area contributed by atoms with E-state index in [-0.39, 0.29) is 5.91 Å². The average Bonchev–Trinajstić information content (AvgIpc) is 3.09. The normalized spacial score (nSPS) is 20.8. The van der Waals surface area contributed by atoms with E-state index in [0.29, 0.717) is 42.3 Å². The zero-order chi connectivity index (χ0) is 16.9. The van der Waals surface area contributed by atoms with E-state index >= 15 is 0 Å². The number of hydrogen-bond donors (Lipinski definition) is 0. The standard InChI is InChI=1S/C17H23N5O2/c1-12-6-3-4-7-13(12)22(2)15(23)9-8-14-20-17(21-24-14)16-18-10-5-11-19-16/h5,10-13H,3-4,6-9H2,1-2H3/t12-,13-/m0/s1. The van der Waals surface area contributed by atoms with E-state index in [2.05, 4.69) is 27.0 Å². The second-order valence-electron chi connectivity index (χ2n) is 6.42. The van der Waals surface area contributed by atoms with Gasteiger partial charge in [0, 0.05) is 38.3 Å². The summed E-state index contributed by atoms with van der Waals surface area (Å²) in [4.78, 5) is 26.8. The van der Waals surface area contributed by atoms with Crippen LogP contribution < -0.4 is 0 Å². The maximum atomic E-state index is 12.4. The highest BCUT2D eigenvalue weighted by molar-refractivity contribution is 5.76. The van der Waals surface area contributed by atoms with Gasteiger partial charge < -0.3 is 9.42 Å². The van der Waals surface area contributed by atoms with Crippen molar-refractivity contribution < 1.29 is 9.32 Å². The molecule has 1 aliphatic carbocycles. The molecule has 2 atom stereocenters. The fourth-order valence-corrected chi connectivity index (χ4v) is 3.31. The van der Waals surface area contributed by atoms with Gasteiger partial charge >= 0.3 is 0 Å². The highest BCUT2D eigenvalue weighted by Gasteiger charge is 2.27. The van der Waals surface area contributed by atoms with Crippen LogP contribution in [0.15, 0.2) is 23.0 Å². The van der Waals surface area contributed by atoms with Crippen molar-refractivity contribution in [1.29, 1.82) is 0 Å². The van der Waals surface area contributed by atoms with E-state index in [0.717, 1.165) is 6.42 Å². The maximum absolute atomic E-state index is 12.4. The van der Waals surface area contributed by atoms with Crippen LogP contribution in [0, 0.1) is 5.92 Å². The summed E-state index contributed by atoms with van der Waals surface area (Å²) in [5.74, 6) is 1.91. The van der Waals surface area contributed by atoms with Crippen LogP contribution in [0.3, 0.4) is 0 Å². The quantitative estimate of drug-likeness (QED) is 0.838. The molecule has 0 aliphatic heterocycles. The van der Waals surface area contributed by atoms with E-state index in [9.17, 15) is 4.79 Å². The molecule has 0 radical (unpaired) electrons. The zero-order valence-electron chi connectivity index (χ0n) is 14.2. The van der Waals surface area contributed by atoms with Gasteiger partial charge in [0.25, 0.3) is 0 Å². The van der Waals surface area contributed by atoms with Gasteiger partial charge in [0.15, 0.2) is 0 Å². The summed E-state index contributed by atoms with van der Waals surface area (Å²) in [5.41, 5.74) is 0. The Kier molecular flexibility index (Phi) is 5.17. The molecule has 1 aliphatic rings. The Morgan fingerprint density at radius 3 is 2.75 bits per heavy atom. The summed E-state index contributed by atoms with van der Waals surface area (Å²) < 4.78 is 5.20. The lowest BCUT2D eigenvalue weighted by atomic mass is 9.85. The van der Waals surface area contributed by atoms with Gasteiger partial charge in [-0.15, -0.1) is 0 Å². The van der Waals surface area contributed by atoms with Crippen molar-refractivity contribution in [1.82, 2.24) is 25.0 Å². The molecule has 3 rings (SSSR count). The second kappa shape index (κ2) is 7.51. The average molecular weight is 329 g/mol. The number of nitrogens with zero attached hydrogens (tertiary/aromatic N) is 5. The molecule has 128 valence electrons. The maximum Gasteiger partial charge on any atom is 0.240 e. The van der Waals surface area contributed by atoms with Crippen LogP contribution in [0.25, 0.3) is 11.6 Å². The van der Waals surface area contributed by atoms with E-state index in [1.807, 2.05) is 11.9 Å². The van der Waals surface area contributed by atoms with Gasteiger partial charge in [-0.05, 0) is 24.8 Å². The Hall–Kier alpha value is -2.31. The molecule has 0 saturated heterocycles. The molecule has 24 heavy (non-hydrogen) atoms. The number of carbonyl (C=O) groups is 1. The number of aromatic nitrogens is 4. The largest absolute Gasteiger partial charge is 0.342 e. The molecule has 0 unspecified atom stereocenters. The lowest BCUT2D eigenvalue weighted by Crippen LogP contribution is -2.42. The van der Waals surface area contributed by atoms with E-state index in [1.54, 1.807) is 18.5 Å². The molecule has 0 spiro atoms. The molecule has 2 heterocycles. The van der Waals surface area contributed by atoms with E-state index < -0.39 is 0 Å². The minimum atomic E-state index is 0.129. The fourth-order valence-electron chi connectivity index (χ4n) is 3.31. The third-order valence-corrected chi connectivity index (χ3v) is 4.74. The number of hydrogen-bond acceptors (Lipinski definition) is 6. The van der Waals surface area contributed by atoms with Crippen LogP contribution in [-0.2, 0) is 11.2 Å². The minimum Gasteiger partial charge on any atom is -0.342 e. The van der Waals surface area contributed by atoms with Gasteiger partial charge in [-0.25, -0.2) is 9.97 Å². The van der Waals surface area contributed by atoms with Crippen molar-refractivity contribution in [2.24, 2.45) is 5.92 Å². The molecule has 0 N–H and O–H groups in total. The fraction of sp³-hybridized carbons (Fsp3) is 0.588. The first-order valence-corrected chi connectivity index (χ1v) is 8.51. The molecule has 0 bridgehead atoms.